The van der Waals surface area contributed by atoms with Gasteiger partial charge in [0.25, 0.3) is 0 Å². The Kier molecular flexibility index (Phi) is 4.25. The van der Waals surface area contributed by atoms with E-state index < -0.39 is 27.6 Å². The van der Waals surface area contributed by atoms with E-state index >= 15 is 0 Å². The SMILES string of the molecule is Cc1cccc(CS(=O)(=O)C(CN)C(=O)O)c1. The topological polar surface area (TPSA) is 97.5 Å². The lowest BCUT2D eigenvalue weighted by molar-refractivity contribution is -0.136. The van der Waals surface area contributed by atoms with Crippen molar-refractivity contribution >= 4 is 15.8 Å². The lowest BCUT2D eigenvalue weighted by atomic mass is 10.2. The zero-order chi connectivity index (χ0) is 13.1. The number of aliphatic carboxylic acids is 1. The molecule has 1 aromatic carbocycles. The van der Waals surface area contributed by atoms with Crippen LogP contribution in [-0.2, 0) is 20.4 Å². The Morgan fingerprint density at radius 2 is 2.12 bits per heavy atom. The molecule has 0 fully saturated rings. The molecule has 6 heteroatoms. The fourth-order valence-corrected chi connectivity index (χ4v) is 2.98. The molecule has 0 saturated heterocycles. The molecule has 1 atom stereocenters. The molecule has 0 bridgehead atoms. The van der Waals surface area contributed by atoms with E-state index in [0.29, 0.717) is 5.56 Å². The highest BCUT2D eigenvalue weighted by Gasteiger charge is 2.31. The van der Waals surface area contributed by atoms with Crippen LogP contribution in [0.25, 0.3) is 0 Å². The first-order chi connectivity index (χ1) is 7.86. The van der Waals surface area contributed by atoms with Crippen LogP contribution in [0.15, 0.2) is 24.3 Å². The van der Waals surface area contributed by atoms with E-state index in [1.54, 1.807) is 18.2 Å². The predicted octanol–water partition coefficient (Wildman–Crippen LogP) is 0.322. The van der Waals surface area contributed by atoms with Crippen molar-refractivity contribution in [2.24, 2.45) is 5.73 Å². The van der Waals surface area contributed by atoms with Crippen molar-refractivity contribution in [3.05, 3.63) is 35.4 Å². The molecule has 17 heavy (non-hydrogen) atoms. The van der Waals surface area contributed by atoms with Crippen LogP contribution in [0.3, 0.4) is 0 Å². The first-order valence-electron chi connectivity index (χ1n) is 5.07. The average molecular weight is 257 g/mol. The van der Waals surface area contributed by atoms with E-state index in [4.69, 9.17) is 10.8 Å². The van der Waals surface area contributed by atoms with Gasteiger partial charge in [-0.2, -0.15) is 0 Å². The van der Waals surface area contributed by atoms with Crippen LogP contribution < -0.4 is 5.73 Å². The van der Waals surface area contributed by atoms with E-state index in [1.165, 1.54) is 0 Å². The number of aryl methyl sites for hydroxylation is 1. The second kappa shape index (κ2) is 5.29. The number of hydrogen-bond acceptors (Lipinski definition) is 4. The number of carboxylic acids is 1. The fraction of sp³-hybridized carbons (Fsp3) is 0.364. The molecule has 0 radical (unpaired) electrons. The summed E-state index contributed by atoms with van der Waals surface area (Å²) in [7, 11) is -3.77. The number of nitrogens with two attached hydrogens (primary N) is 1. The molecule has 0 amide bonds. The van der Waals surface area contributed by atoms with Crippen LogP contribution in [0.1, 0.15) is 11.1 Å². The van der Waals surface area contributed by atoms with Crippen molar-refractivity contribution in [1.29, 1.82) is 0 Å². The molecule has 0 spiro atoms. The second-order valence-corrected chi connectivity index (χ2v) is 6.04. The minimum absolute atomic E-state index is 0.303. The van der Waals surface area contributed by atoms with Crippen LogP contribution >= 0.6 is 0 Å². The summed E-state index contributed by atoms with van der Waals surface area (Å²) in [5.74, 6) is -1.71. The van der Waals surface area contributed by atoms with Gasteiger partial charge in [-0.05, 0) is 12.5 Å². The number of rotatable bonds is 5. The predicted molar refractivity (Wildman–Crippen MR) is 64.3 cm³/mol. The number of hydrogen-bond donors (Lipinski definition) is 2. The van der Waals surface area contributed by atoms with Gasteiger partial charge in [-0.1, -0.05) is 29.8 Å². The molecule has 1 unspecified atom stereocenters. The third-order valence-electron chi connectivity index (χ3n) is 2.37. The monoisotopic (exact) mass is 257 g/mol. The Labute approximate surface area is 100 Å². The number of carboxylic acid groups (broad SMARTS) is 1. The summed E-state index contributed by atoms with van der Waals surface area (Å²) < 4.78 is 23.6. The Balaban J connectivity index is 2.97. The molecular weight excluding hydrogens is 242 g/mol. The summed E-state index contributed by atoms with van der Waals surface area (Å²) >= 11 is 0. The van der Waals surface area contributed by atoms with E-state index in [9.17, 15) is 13.2 Å². The van der Waals surface area contributed by atoms with Gasteiger partial charge in [0.15, 0.2) is 15.1 Å². The Morgan fingerprint density at radius 1 is 1.47 bits per heavy atom. The van der Waals surface area contributed by atoms with Crippen LogP contribution in [-0.4, -0.2) is 31.3 Å². The van der Waals surface area contributed by atoms with Crippen molar-refractivity contribution < 1.29 is 18.3 Å². The van der Waals surface area contributed by atoms with Crippen LogP contribution in [0.5, 0.6) is 0 Å². The smallest absolute Gasteiger partial charge is 0.323 e. The Bertz CT molecular complexity index is 510. The minimum atomic E-state index is -3.77. The van der Waals surface area contributed by atoms with Gasteiger partial charge in [0.2, 0.25) is 0 Å². The lowest BCUT2D eigenvalue weighted by Crippen LogP contribution is -2.37. The van der Waals surface area contributed by atoms with Gasteiger partial charge in [-0.25, -0.2) is 8.42 Å². The van der Waals surface area contributed by atoms with Gasteiger partial charge in [0.05, 0.1) is 5.75 Å². The van der Waals surface area contributed by atoms with Crippen molar-refractivity contribution in [1.82, 2.24) is 0 Å². The van der Waals surface area contributed by atoms with Crippen molar-refractivity contribution in [3.63, 3.8) is 0 Å². The van der Waals surface area contributed by atoms with Gasteiger partial charge < -0.3 is 10.8 Å². The van der Waals surface area contributed by atoms with E-state index in [-0.39, 0.29) is 5.75 Å². The molecule has 5 nitrogen and oxygen atoms in total. The standard InChI is InChI=1S/C11H15NO4S/c1-8-3-2-4-9(5-8)7-17(15,16)10(6-12)11(13)14/h2-5,10H,6-7,12H2,1H3,(H,13,14). The summed E-state index contributed by atoms with van der Waals surface area (Å²) in [6.45, 7) is 1.43. The highest BCUT2D eigenvalue weighted by Crippen LogP contribution is 2.12. The molecule has 1 aromatic rings. The van der Waals surface area contributed by atoms with Gasteiger partial charge in [0.1, 0.15) is 0 Å². The summed E-state index contributed by atoms with van der Waals surface area (Å²) in [5, 5.41) is 7.24. The van der Waals surface area contributed by atoms with Gasteiger partial charge in [0, 0.05) is 6.54 Å². The molecule has 0 aliphatic heterocycles. The number of carbonyl (C=O) groups is 1. The van der Waals surface area contributed by atoms with Crippen LogP contribution in [0, 0.1) is 6.92 Å². The third-order valence-corrected chi connectivity index (χ3v) is 4.37. The third kappa shape index (κ3) is 3.54. The zero-order valence-corrected chi connectivity index (χ0v) is 10.3. The Hall–Kier alpha value is -1.40. The maximum Gasteiger partial charge on any atom is 0.323 e. The highest BCUT2D eigenvalue weighted by atomic mass is 32.2. The normalized spacial score (nSPS) is 13.3. The van der Waals surface area contributed by atoms with Gasteiger partial charge >= 0.3 is 5.97 Å². The maximum absolute atomic E-state index is 11.8. The quantitative estimate of drug-likeness (QED) is 0.791. The highest BCUT2D eigenvalue weighted by molar-refractivity contribution is 7.92. The van der Waals surface area contributed by atoms with Crippen molar-refractivity contribution in [2.45, 2.75) is 17.9 Å². The summed E-state index contributed by atoms with van der Waals surface area (Å²) in [6, 6.07) is 6.94. The van der Waals surface area contributed by atoms with E-state index in [1.807, 2.05) is 13.0 Å². The van der Waals surface area contributed by atoms with Gasteiger partial charge in [-0.3, -0.25) is 4.79 Å². The largest absolute Gasteiger partial charge is 0.480 e. The number of benzene rings is 1. The molecule has 0 heterocycles. The first kappa shape index (κ1) is 13.7. The van der Waals surface area contributed by atoms with Crippen molar-refractivity contribution in [2.75, 3.05) is 6.54 Å². The summed E-state index contributed by atoms with van der Waals surface area (Å²) in [4.78, 5) is 10.8. The summed E-state index contributed by atoms with van der Waals surface area (Å²) in [6.07, 6.45) is 0. The average Bonchev–Trinajstić information content (AvgIpc) is 2.16. The maximum atomic E-state index is 11.8. The fourth-order valence-electron chi connectivity index (χ4n) is 1.54. The molecule has 0 aliphatic carbocycles. The molecule has 1 rings (SSSR count). The molecule has 3 N–H and O–H groups in total. The van der Waals surface area contributed by atoms with Crippen LogP contribution in [0.4, 0.5) is 0 Å². The van der Waals surface area contributed by atoms with E-state index in [2.05, 4.69) is 0 Å². The molecule has 0 saturated carbocycles. The van der Waals surface area contributed by atoms with Gasteiger partial charge in [-0.15, -0.1) is 0 Å². The first-order valence-corrected chi connectivity index (χ1v) is 6.78. The summed E-state index contributed by atoms with van der Waals surface area (Å²) in [5.41, 5.74) is 6.69. The molecular formula is C11H15NO4S. The van der Waals surface area contributed by atoms with Crippen LogP contribution in [0.2, 0.25) is 0 Å². The number of sulfone groups is 1. The zero-order valence-electron chi connectivity index (χ0n) is 9.46. The second-order valence-electron chi connectivity index (χ2n) is 3.86. The molecule has 94 valence electrons. The molecule has 0 aliphatic rings. The minimum Gasteiger partial charge on any atom is -0.480 e. The Morgan fingerprint density at radius 3 is 2.59 bits per heavy atom. The lowest BCUT2D eigenvalue weighted by Gasteiger charge is -2.11. The molecule has 0 aromatic heterocycles. The van der Waals surface area contributed by atoms with E-state index in [0.717, 1.165) is 5.56 Å². The van der Waals surface area contributed by atoms with Crippen molar-refractivity contribution in [3.8, 4) is 0 Å².